The molecule has 1 aromatic rings. The molecule has 0 fully saturated rings. The van der Waals surface area contributed by atoms with Crippen molar-refractivity contribution in [3.63, 3.8) is 0 Å². The van der Waals surface area contributed by atoms with Crippen LogP contribution in [-0.2, 0) is 4.79 Å². The van der Waals surface area contributed by atoms with E-state index in [0.29, 0.717) is 5.82 Å². The normalized spacial score (nSPS) is 11.9. The van der Waals surface area contributed by atoms with Crippen LogP contribution in [0.3, 0.4) is 0 Å². The van der Waals surface area contributed by atoms with Crippen LogP contribution in [0.5, 0.6) is 0 Å². The van der Waals surface area contributed by atoms with Crippen LogP contribution in [-0.4, -0.2) is 35.9 Å². The number of hydrogen-bond donors (Lipinski definition) is 2. The third kappa shape index (κ3) is 3.12. The first-order chi connectivity index (χ1) is 7.00. The van der Waals surface area contributed by atoms with Gasteiger partial charge in [0.2, 0.25) is 5.91 Å². The van der Waals surface area contributed by atoms with Gasteiger partial charge in [0.15, 0.2) is 0 Å². The van der Waals surface area contributed by atoms with Crippen LogP contribution >= 0.6 is 0 Å². The van der Waals surface area contributed by atoms with E-state index < -0.39 is 0 Å². The zero-order chi connectivity index (χ0) is 11.4. The molecule has 15 heavy (non-hydrogen) atoms. The van der Waals surface area contributed by atoms with Crippen molar-refractivity contribution in [2.45, 2.75) is 13.0 Å². The van der Waals surface area contributed by atoms with E-state index in [4.69, 9.17) is 5.73 Å². The van der Waals surface area contributed by atoms with Crippen LogP contribution in [0, 0.1) is 0 Å². The summed E-state index contributed by atoms with van der Waals surface area (Å²) >= 11 is 0. The first kappa shape index (κ1) is 11.3. The number of likely N-dealkylation sites (N-methyl/N-ethyl adjacent to an activating group) is 1. The van der Waals surface area contributed by atoms with E-state index in [9.17, 15) is 4.79 Å². The van der Waals surface area contributed by atoms with Gasteiger partial charge < -0.3 is 16.0 Å². The lowest BCUT2D eigenvalue weighted by molar-refractivity contribution is -0.129. The number of nitrogens with one attached hydrogen (secondary N) is 1. The molecule has 0 bridgehead atoms. The lowest BCUT2D eigenvalue weighted by Gasteiger charge is -2.18. The third-order valence-electron chi connectivity index (χ3n) is 1.98. The van der Waals surface area contributed by atoms with Crippen LogP contribution in [0.15, 0.2) is 18.3 Å². The molecular weight excluding hydrogens is 192 g/mol. The van der Waals surface area contributed by atoms with Crippen molar-refractivity contribution in [3.8, 4) is 0 Å². The Balaban J connectivity index is 2.66. The van der Waals surface area contributed by atoms with Crippen LogP contribution in [0.2, 0.25) is 0 Å². The van der Waals surface area contributed by atoms with Gasteiger partial charge in [-0.15, -0.1) is 0 Å². The largest absolute Gasteiger partial charge is 0.384 e. The maximum absolute atomic E-state index is 11.5. The number of rotatable bonds is 3. The minimum Gasteiger partial charge on any atom is -0.384 e. The van der Waals surface area contributed by atoms with E-state index in [-0.39, 0.29) is 11.9 Å². The first-order valence-electron chi connectivity index (χ1n) is 4.70. The molecule has 1 aromatic heterocycles. The quantitative estimate of drug-likeness (QED) is 0.761. The second-order valence-corrected chi connectivity index (χ2v) is 3.57. The summed E-state index contributed by atoms with van der Waals surface area (Å²) < 4.78 is 0. The molecule has 0 aromatic carbocycles. The number of carbonyl (C=O) groups is 1. The van der Waals surface area contributed by atoms with Crippen LogP contribution in [0.1, 0.15) is 6.92 Å². The average molecular weight is 208 g/mol. The van der Waals surface area contributed by atoms with E-state index in [1.807, 2.05) is 0 Å². The maximum atomic E-state index is 11.5. The fraction of sp³-hybridized carbons (Fsp3) is 0.400. The van der Waals surface area contributed by atoms with Crippen molar-refractivity contribution in [1.82, 2.24) is 9.88 Å². The van der Waals surface area contributed by atoms with Gasteiger partial charge in [-0.1, -0.05) is 0 Å². The topological polar surface area (TPSA) is 71.2 Å². The maximum Gasteiger partial charge on any atom is 0.244 e. The Bertz CT molecular complexity index is 351. The summed E-state index contributed by atoms with van der Waals surface area (Å²) in [6.45, 7) is 1.80. The number of carbonyl (C=O) groups excluding carboxylic acids is 1. The predicted molar refractivity (Wildman–Crippen MR) is 60.4 cm³/mol. The molecule has 0 aliphatic rings. The fourth-order valence-corrected chi connectivity index (χ4v) is 1.24. The molecule has 1 atom stereocenters. The molecule has 1 unspecified atom stereocenters. The number of hydrogen-bond acceptors (Lipinski definition) is 4. The van der Waals surface area contributed by atoms with Gasteiger partial charge in [-0.2, -0.15) is 0 Å². The molecular formula is C10H16N4O. The Morgan fingerprint density at radius 3 is 2.80 bits per heavy atom. The SMILES string of the molecule is CC(Nc1ccnc(N)c1)C(=O)N(C)C. The van der Waals surface area contributed by atoms with Crippen LogP contribution in [0.4, 0.5) is 11.5 Å². The van der Waals surface area contributed by atoms with Crippen molar-refractivity contribution >= 4 is 17.4 Å². The number of nitrogens with zero attached hydrogens (tertiary/aromatic N) is 2. The Hall–Kier alpha value is -1.78. The lowest BCUT2D eigenvalue weighted by Crippen LogP contribution is -2.36. The standard InChI is InChI=1S/C10H16N4O/c1-7(10(15)14(2)3)13-8-4-5-12-9(11)6-8/h4-7H,1-3H3,(H3,11,12,13). The number of nitrogen functional groups attached to an aromatic ring is 1. The summed E-state index contributed by atoms with van der Waals surface area (Å²) in [6.07, 6.45) is 1.60. The van der Waals surface area contributed by atoms with Crippen LogP contribution in [0.25, 0.3) is 0 Å². The molecule has 1 rings (SSSR count). The van der Waals surface area contributed by atoms with E-state index in [1.54, 1.807) is 44.2 Å². The van der Waals surface area contributed by atoms with Gasteiger partial charge in [-0.25, -0.2) is 4.98 Å². The molecule has 3 N–H and O–H groups in total. The second-order valence-electron chi connectivity index (χ2n) is 3.57. The van der Waals surface area contributed by atoms with Gasteiger partial charge in [-0.05, 0) is 13.0 Å². The molecule has 1 heterocycles. The molecule has 0 aliphatic heterocycles. The second kappa shape index (κ2) is 4.63. The molecule has 0 saturated heterocycles. The fourth-order valence-electron chi connectivity index (χ4n) is 1.24. The molecule has 5 nitrogen and oxygen atoms in total. The Labute approximate surface area is 89.3 Å². The highest BCUT2D eigenvalue weighted by molar-refractivity contribution is 5.83. The van der Waals surface area contributed by atoms with Gasteiger partial charge in [0, 0.05) is 32.0 Å². The zero-order valence-corrected chi connectivity index (χ0v) is 9.19. The zero-order valence-electron chi connectivity index (χ0n) is 9.19. The number of pyridine rings is 1. The summed E-state index contributed by atoms with van der Waals surface area (Å²) in [7, 11) is 3.45. The number of amides is 1. The molecule has 0 radical (unpaired) electrons. The van der Waals surface area contributed by atoms with Crippen molar-refractivity contribution in [2.75, 3.05) is 25.1 Å². The Morgan fingerprint density at radius 1 is 1.60 bits per heavy atom. The molecule has 5 heteroatoms. The van der Waals surface area contributed by atoms with E-state index in [1.165, 1.54) is 0 Å². The molecule has 0 saturated carbocycles. The summed E-state index contributed by atoms with van der Waals surface area (Å²) in [5.74, 6) is 0.454. The first-order valence-corrected chi connectivity index (χ1v) is 4.70. The van der Waals surface area contributed by atoms with E-state index in [2.05, 4.69) is 10.3 Å². The average Bonchev–Trinajstić information content (AvgIpc) is 2.16. The van der Waals surface area contributed by atoms with Crippen molar-refractivity contribution < 1.29 is 4.79 Å². The summed E-state index contributed by atoms with van der Waals surface area (Å²) in [6, 6.07) is 3.19. The van der Waals surface area contributed by atoms with Gasteiger partial charge in [0.1, 0.15) is 11.9 Å². The van der Waals surface area contributed by atoms with Crippen molar-refractivity contribution in [3.05, 3.63) is 18.3 Å². The summed E-state index contributed by atoms with van der Waals surface area (Å²) in [5.41, 5.74) is 6.32. The number of nitrogens with two attached hydrogens (primary N) is 1. The number of aromatic nitrogens is 1. The molecule has 82 valence electrons. The van der Waals surface area contributed by atoms with Gasteiger partial charge >= 0.3 is 0 Å². The third-order valence-corrected chi connectivity index (χ3v) is 1.98. The Kier molecular flexibility index (Phi) is 3.49. The van der Waals surface area contributed by atoms with Crippen molar-refractivity contribution in [1.29, 1.82) is 0 Å². The summed E-state index contributed by atoms with van der Waals surface area (Å²) in [4.78, 5) is 17.0. The minimum atomic E-state index is -0.276. The van der Waals surface area contributed by atoms with Gasteiger partial charge in [0.25, 0.3) is 0 Å². The minimum absolute atomic E-state index is 0.0189. The number of anilines is 2. The highest BCUT2D eigenvalue weighted by Crippen LogP contribution is 2.10. The van der Waals surface area contributed by atoms with E-state index in [0.717, 1.165) is 5.69 Å². The Morgan fingerprint density at radius 2 is 2.27 bits per heavy atom. The molecule has 0 spiro atoms. The highest BCUT2D eigenvalue weighted by Gasteiger charge is 2.14. The van der Waals surface area contributed by atoms with Crippen molar-refractivity contribution in [2.24, 2.45) is 0 Å². The van der Waals surface area contributed by atoms with Gasteiger partial charge in [-0.3, -0.25) is 4.79 Å². The smallest absolute Gasteiger partial charge is 0.244 e. The lowest BCUT2D eigenvalue weighted by atomic mass is 10.2. The monoisotopic (exact) mass is 208 g/mol. The summed E-state index contributed by atoms with van der Waals surface area (Å²) in [5, 5.41) is 3.05. The predicted octanol–water partition coefficient (Wildman–Crippen LogP) is 0.552. The van der Waals surface area contributed by atoms with Crippen LogP contribution < -0.4 is 11.1 Å². The highest BCUT2D eigenvalue weighted by atomic mass is 16.2. The van der Waals surface area contributed by atoms with Gasteiger partial charge in [0.05, 0.1) is 0 Å². The van der Waals surface area contributed by atoms with E-state index >= 15 is 0 Å². The molecule has 0 aliphatic carbocycles. The molecule has 1 amide bonds.